The summed E-state index contributed by atoms with van der Waals surface area (Å²) in [6, 6.07) is 8.91. The van der Waals surface area contributed by atoms with Crippen molar-refractivity contribution >= 4 is 33.5 Å². The van der Waals surface area contributed by atoms with Gasteiger partial charge in [-0.25, -0.2) is 4.98 Å². The summed E-state index contributed by atoms with van der Waals surface area (Å²) in [6.45, 7) is 4.42. The smallest absolute Gasteiger partial charge is 0.261 e. The highest BCUT2D eigenvalue weighted by atomic mass is 16.2. The van der Waals surface area contributed by atoms with Gasteiger partial charge in [0.25, 0.3) is 5.91 Å². The van der Waals surface area contributed by atoms with Crippen molar-refractivity contribution in [2.24, 2.45) is 0 Å². The van der Waals surface area contributed by atoms with Gasteiger partial charge in [-0.1, -0.05) is 0 Å². The van der Waals surface area contributed by atoms with Gasteiger partial charge in [0.15, 0.2) is 0 Å². The van der Waals surface area contributed by atoms with E-state index in [1.54, 1.807) is 36.7 Å². The van der Waals surface area contributed by atoms with Crippen LogP contribution in [0.15, 0.2) is 47.5 Å². The molecule has 1 aromatic carbocycles. The number of carbonyl (C=O) groups is 1. The van der Waals surface area contributed by atoms with Crippen LogP contribution in [0.4, 0.5) is 5.69 Å². The van der Waals surface area contributed by atoms with E-state index >= 15 is 0 Å². The Labute approximate surface area is 148 Å². The fraction of sp³-hybridized carbons (Fsp3) is 0.158. The van der Waals surface area contributed by atoms with Gasteiger partial charge in [0.1, 0.15) is 11.2 Å². The summed E-state index contributed by atoms with van der Waals surface area (Å²) in [5.74, 6) is -0.446. The molecule has 0 spiro atoms. The van der Waals surface area contributed by atoms with Crippen molar-refractivity contribution in [2.45, 2.75) is 20.4 Å². The lowest BCUT2D eigenvalue weighted by Crippen LogP contribution is -2.24. The number of nitrogens with one attached hydrogen (secondary N) is 2. The first-order chi connectivity index (χ1) is 12.6. The molecule has 4 aromatic rings. The summed E-state index contributed by atoms with van der Waals surface area (Å²) in [6.07, 6.45) is 3.28. The molecule has 130 valence electrons. The largest absolute Gasteiger partial charge is 0.332 e. The molecule has 0 radical (unpaired) electrons. The molecule has 0 atom stereocenters. The van der Waals surface area contributed by atoms with Gasteiger partial charge in [-0.2, -0.15) is 5.10 Å². The number of pyridine rings is 2. The van der Waals surface area contributed by atoms with Crippen molar-refractivity contribution in [2.75, 3.05) is 5.32 Å². The molecule has 4 rings (SSSR count). The molecule has 7 heteroatoms. The molecule has 0 saturated carbocycles. The first-order valence-corrected chi connectivity index (χ1v) is 8.32. The number of carbonyl (C=O) groups excluding carboxylic acids is 1. The number of hydrogen-bond donors (Lipinski definition) is 2. The predicted octanol–water partition coefficient (Wildman–Crippen LogP) is 2.85. The minimum Gasteiger partial charge on any atom is -0.332 e. The third-order valence-electron chi connectivity index (χ3n) is 4.35. The fourth-order valence-corrected chi connectivity index (χ4v) is 2.98. The zero-order valence-electron chi connectivity index (χ0n) is 14.4. The van der Waals surface area contributed by atoms with Crippen molar-refractivity contribution in [3.05, 3.63) is 64.2 Å². The second kappa shape index (κ2) is 6.11. The van der Waals surface area contributed by atoms with E-state index in [0.29, 0.717) is 23.3 Å². The molecule has 0 fully saturated rings. The molecule has 3 heterocycles. The molecule has 0 aliphatic carbocycles. The van der Waals surface area contributed by atoms with Gasteiger partial charge < -0.3 is 9.88 Å². The number of anilines is 1. The first kappa shape index (κ1) is 16.0. The van der Waals surface area contributed by atoms with E-state index < -0.39 is 5.91 Å². The van der Waals surface area contributed by atoms with Gasteiger partial charge in [0.2, 0.25) is 5.43 Å². The quantitative estimate of drug-likeness (QED) is 0.596. The summed E-state index contributed by atoms with van der Waals surface area (Å²) < 4.78 is 1.82. The molecular formula is C19H17N5O2. The molecule has 0 aliphatic rings. The maximum atomic E-state index is 12.8. The van der Waals surface area contributed by atoms with E-state index in [0.717, 1.165) is 16.6 Å². The number of H-pyrrole nitrogens is 1. The summed E-state index contributed by atoms with van der Waals surface area (Å²) in [5.41, 5.74) is 2.59. The lowest BCUT2D eigenvalue weighted by atomic mass is 10.1. The van der Waals surface area contributed by atoms with Crippen LogP contribution in [0.1, 0.15) is 23.0 Å². The van der Waals surface area contributed by atoms with Gasteiger partial charge in [0, 0.05) is 29.5 Å². The van der Waals surface area contributed by atoms with Crippen molar-refractivity contribution in [3.63, 3.8) is 0 Å². The minimum absolute atomic E-state index is 0.0923. The van der Waals surface area contributed by atoms with E-state index in [1.165, 1.54) is 0 Å². The summed E-state index contributed by atoms with van der Waals surface area (Å²) in [7, 11) is 0. The van der Waals surface area contributed by atoms with E-state index in [4.69, 9.17) is 0 Å². The van der Waals surface area contributed by atoms with Crippen LogP contribution in [0.25, 0.3) is 21.9 Å². The normalized spacial score (nSPS) is 11.2. The Balaban J connectivity index is 1.77. The average molecular weight is 347 g/mol. The lowest BCUT2D eigenvalue weighted by molar-refractivity contribution is 0.102. The number of benzene rings is 1. The Bertz CT molecular complexity index is 1210. The Morgan fingerprint density at radius 2 is 2.12 bits per heavy atom. The van der Waals surface area contributed by atoms with Crippen LogP contribution < -0.4 is 10.7 Å². The van der Waals surface area contributed by atoms with E-state index in [2.05, 4.69) is 20.5 Å². The molecule has 0 aliphatic heterocycles. The molecule has 0 bridgehead atoms. The maximum absolute atomic E-state index is 12.8. The number of rotatable bonds is 3. The second-order valence-electron chi connectivity index (χ2n) is 6.11. The van der Waals surface area contributed by atoms with Gasteiger partial charge in [-0.15, -0.1) is 0 Å². The Hall–Kier alpha value is -3.48. The Kier molecular flexibility index (Phi) is 3.76. The third kappa shape index (κ3) is 2.63. The monoisotopic (exact) mass is 347 g/mol. The minimum atomic E-state index is -0.446. The van der Waals surface area contributed by atoms with Crippen LogP contribution in [-0.2, 0) is 6.54 Å². The van der Waals surface area contributed by atoms with Crippen LogP contribution >= 0.6 is 0 Å². The highest BCUT2D eigenvalue weighted by Gasteiger charge is 2.16. The highest BCUT2D eigenvalue weighted by Crippen LogP contribution is 2.17. The molecular weight excluding hydrogens is 330 g/mol. The van der Waals surface area contributed by atoms with Crippen molar-refractivity contribution < 1.29 is 4.79 Å². The van der Waals surface area contributed by atoms with E-state index in [9.17, 15) is 9.59 Å². The second-order valence-corrected chi connectivity index (χ2v) is 6.11. The van der Waals surface area contributed by atoms with Gasteiger partial charge in [0.05, 0.1) is 17.1 Å². The highest BCUT2D eigenvalue weighted by molar-refractivity contribution is 6.06. The van der Waals surface area contributed by atoms with Crippen LogP contribution in [0.2, 0.25) is 0 Å². The number of aromatic amines is 1. The molecule has 2 N–H and O–H groups in total. The molecule has 1 amide bonds. The average Bonchev–Trinajstić information content (AvgIpc) is 3.09. The molecule has 3 aromatic heterocycles. The number of aromatic nitrogens is 4. The van der Waals surface area contributed by atoms with Gasteiger partial charge in [-0.05, 0) is 44.2 Å². The molecule has 7 nitrogen and oxygen atoms in total. The van der Waals surface area contributed by atoms with Crippen molar-refractivity contribution in [3.8, 4) is 0 Å². The number of amides is 1. The number of nitrogens with zero attached hydrogens (tertiary/aromatic N) is 3. The topological polar surface area (TPSA) is 92.7 Å². The maximum Gasteiger partial charge on any atom is 0.261 e. The number of hydrogen-bond acceptors (Lipinski definition) is 4. The van der Waals surface area contributed by atoms with Crippen molar-refractivity contribution in [1.29, 1.82) is 0 Å². The third-order valence-corrected chi connectivity index (χ3v) is 4.35. The van der Waals surface area contributed by atoms with Crippen LogP contribution in [0.5, 0.6) is 0 Å². The predicted molar refractivity (Wildman–Crippen MR) is 100 cm³/mol. The molecule has 26 heavy (non-hydrogen) atoms. The molecule has 0 saturated heterocycles. The van der Waals surface area contributed by atoms with E-state index in [1.807, 2.05) is 24.5 Å². The SMILES string of the molecule is CCn1cc(C(=O)Nc2ccc3cn[nH]c3c2)c(=O)c2ccc(C)nc21. The lowest BCUT2D eigenvalue weighted by Gasteiger charge is -2.11. The van der Waals surface area contributed by atoms with Crippen LogP contribution in [0, 0.1) is 6.92 Å². The summed E-state index contributed by atoms with van der Waals surface area (Å²) >= 11 is 0. The van der Waals surface area contributed by atoms with Gasteiger partial charge >= 0.3 is 0 Å². The standard InChI is InChI=1S/C19H17N5O2/c1-3-24-10-15(17(25)14-7-4-11(2)21-18(14)24)19(26)22-13-6-5-12-9-20-23-16(12)8-13/h4-10H,3H2,1-2H3,(H,20,23)(H,22,26). The number of fused-ring (bicyclic) bond motifs is 2. The van der Waals surface area contributed by atoms with Crippen molar-refractivity contribution in [1.82, 2.24) is 19.7 Å². The van der Waals surface area contributed by atoms with Crippen LogP contribution in [0.3, 0.4) is 0 Å². The Morgan fingerprint density at radius 1 is 1.27 bits per heavy atom. The summed E-state index contributed by atoms with van der Waals surface area (Å²) in [5, 5.41) is 11.0. The summed E-state index contributed by atoms with van der Waals surface area (Å²) in [4.78, 5) is 29.9. The Morgan fingerprint density at radius 3 is 2.92 bits per heavy atom. The molecule has 0 unspecified atom stereocenters. The zero-order chi connectivity index (χ0) is 18.3. The van der Waals surface area contributed by atoms with Gasteiger partial charge in [-0.3, -0.25) is 14.7 Å². The van der Waals surface area contributed by atoms with Crippen LogP contribution in [-0.4, -0.2) is 25.7 Å². The van der Waals surface area contributed by atoms with E-state index in [-0.39, 0.29) is 11.0 Å². The number of aryl methyl sites for hydroxylation is 2. The first-order valence-electron chi connectivity index (χ1n) is 8.32. The zero-order valence-corrected chi connectivity index (χ0v) is 14.4. The fourth-order valence-electron chi connectivity index (χ4n) is 2.98.